The molecule has 0 radical (unpaired) electrons. The summed E-state index contributed by atoms with van der Waals surface area (Å²) in [5.74, 6) is 1.55. The zero-order valence-electron chi connectivity index (χ0n) is 10.4. The molecule has 1 N–H and O–H groups in total. The van der Waals surface area contributed by atoms with Gasteiger partial charge < -0.3 is 9.88 Å². The van der Waals surface area contributed by atoms with Crippen molar-refractivity contribution in [2.45, 2.75) is 27.3 Å². The zero-order chi connectivity index (χ0) is 12.3. The van der Waals surface area contributed by atoms with E-state index in [1.807, 2.05) is 26.2 Å². The van der Waals surface area contributed by atoms with Gasteiger partial charge in [-0.15, -0.1) is 0 Å². The molecule has 17 heavy (non-hydrogen) atoms. The number of aromatic nitrogens is 4. The van der Waals surface area contributed by atoms with Crippen LogP contribution >= 0.6 is 0 Å². The van der Waals surface area contributed by atoms with Crippen LogP contribution in [-0.2, 0) is 6.54 Å². The summed E-state index contributed by atoms with van der Waals surface area (Å²) in [5.41, 5.74) is 1.93. The molecule has 0 saturated carbocycles. The standard InChI is InChI=1S/C12H17N5/c1-4-13-12-15-8-9(3)10(16-12)11-14-6-7-17(11)5-2/h6-8H,4-5H2,1-3H3,(H,13,15,16). The van der Waals surface area contributed by atoms with Gasteiger partial charge in [-0.1, -0.05) is 0 Å². The number of nitrogens with one attached hydrogen (secondary N) is 1. The molecule has 0 spiro atoms. The number of hydrogen-bond acceptors (Lipinski definition) is 4. The summed E-state index contributed by atoms with van der Waals surface area (Å²) in [6.45, 7) is 7.81. The number of aryl methyl sites for hydroxylation is 2. The highest BCUT2D eigenvalue weighted by atomic mass is 15.1. The first kappa shape index (κ1) is 11.6. The SMILES string of the molecule is CCNc1ncc(C)c(-c2nccn2CC)n1. The Morgan fingerprint density at radius 3 is 2.82 bits per heavy atom. The summed E-state index contributed by atoms with van der Waals surface area (Å²) < 4.78 is 2.07. The fraction of sp³-hybridized carbons (Fsp3) is 0.417. The van der Waals surface area contributed by atoms with E-state index in [-0.39, 0.29) is 0 Å². The Morgan fingerprint density at radius 2 is 2.12 bits per heavy atom. The molecule has 90 valence electrons. The highest BCUT2D eigenvalue weighted by Crippen LogP contribution is 2.19. The van der Waals surface area contributed by atoms with Gasteiger partial charge in [0, 0.05) is 31.7 Å². The van der Waals surface area contributed by atoms with Crippen molar-refractivity contribution in [3.63, 3.8) is 0 Å². The normalized spacial score (nSPS) is 10.5. The van der Waals surface area contributed by atoms with Gasteiger partial charge in [0.15, 0.2) is 5.82 Å². The zero-order valence-corrected chi connectivity index (χ0v) is 10.4. The highest BCUT2D eigenvalue weighted by molar-refractivity contribution is 5.56. The summed E-state index contributed by atoms with van der Waals surface area (Å²) in [6.07, 6.45) is 5.59. The topological polar surface area (TPSA) is 55.6 Å². The Balaban J connectivity index is 2.46. The molecule has 2 aromatic rings. The summed E-state index contributed by atoms with van der Waals surface area (Å²) >= 11 is 0. The molecule has 2 rings (SSSR count). The number of hydrogen-bond donors (Lipinski definition) is 1. The number of nitrogens with zero attached hydrogens (tertiary/aromatic N) is 4. The molecule has 2 heterocycles. The first-order valence-electron chi connectivity index (χ1n) is 5.85. The summed E-state index contributed by atoms with van der Waals surface area (Å²) in [5, 5.41) is 3.12. The molecule has 5 heteroatoms. The van der Waals surface area contributed by atoms with Gasteiger partial charge in [-0.2, -0.15) is 0 Å². The third kappa shape index (κ3) is 2.27. The number of anilines is 1. The summed E-state index contributed by atoms with van der Waals surface area (Å²) in [7, 11) is 0. The van der Waals surface area contributed by atoms with Crippen LogP contribution in [0.2, 0.25) is 0 Å². The Labute approximate surface area is 101 Å². The second kappa shape index (κ2) is 4.95. The molecule has 0 unspecified atom stereocenters. The van der Waals surface area contributed by atoms with Crippen LogP contribution in [0.1, 0.15) is 19.4 Å². The van der Waals surface area contributed by atoms with E-state index in [1.54, 1.807) is 6.20 Å². The monoisotopic (exact) mass is 231 g/mol. The van der Waals surface area contributed by atoms with E-state index >= 15 is 0 Å². The largest absolute Gasteiger partial charge is 0.354 e. The maximum atomic E-state index is 4.51. The van der Waals surface area contributed by atoms with Gasteiger partial charge in [-0.05, 0) is 26.3 Å². The van der Waals surface area contributed by atoms with E-state index < -0.39 is 0 Å². The first-order chi connectivity index (χ1) is 8.26. The molecule has 0 saturated heterocycles. The molecular formula is C12H17N5. The van der Waals surface area contributed by atoms with Crippen molar-refractivity contribution in [3.8, 4) is 11.5 Å². The Bertz CT molecular complexity index is 503. The van der Waals surface area contributed by atoms with Crippen LogP contribution in [0.15, 0.2) is 18.6 Å². The molecule has 2 aromatic heterocycles. The third-order valence-corrected chi connectivity index (χ3v) is 2.57. The van der Waals surface area contributed by atoms with Crippen molar-refractivity contribution in [1.82, 2.24) is 19.5 Å². The van der Waals surface area contributed by atoms with E-state index in [0.717, 1.165) is 30.2 Å². The Morgan fingerprint density at radius 1 is 1.29 bits per heavy atom. The van der Waals surface area contributed by atoms with Gasteiger partial charge >= 0.3 is 0 Å². The predicted octanol–water partition coefficient (Wildman–Crippen LogP) is 2.10. The van der Waals surface area contributed by atoms with Crippen molar-refractivity contribution in [1.29, 1.82) is 0 Å². The van der Waals surface area contributed by atoms with Gasteiger partial charge in [-0.25, -0.2) is 15.0 Å². The van der Waals surface area contributed by atoms with Crippen molar-refractivity contribution in [3.05, 3.63) is 24.2 Å². The predicted molar refractivity (Wildman–Crippen MR) is 67.8 cm³/mol. The highest BCUT2D eigenvalue weighted by Gasteiger charge is 2.11. The van der Waals surface area contributed by atoms with E-state index in [0.29, 0.717) is 5.95 Å². The maximum Gasteiger partial charge on any atom is 0.223 e. The fourth-order valence-corrected chi connectivity index (χ4v) is 1.69. The lowest BCUT2D eigenvalue weighted by Crippen LogP contribution is -2.06. The van der Waals surface area contributed by atoms with Crippen LogP contribution in [0, 0.1) is 6.92 Å². The second-order valence-electron chi connectivity index (χ2n) is 3.79. The number of imidazole rings is 1. The lowest BCUT2D eigenvalue weighted by atomic mass is 10.2. The molecule has 0 aliphatic rings. The van der Waals surface area contributed by atoms with Crippen LogP contribution in [0.3, 0.4) is 0 Å². The van der Waals surface area contributed by atoms with Crippen molar-refractivity contribution in [2.24, 2.45) is 0 Å². The minimum Gasteiger partial charge on any atom is -0.354 e. The van der Waals surface area contributed by atoms with Gasteiger partial charge in [-0.3, -0.25) is 0 Å². The van der Waals surface area contributed by atoms with E-state index in [9.17, 15) is 0 Å². The van der Waals surface area contributed by atoms with Crippen molar-refractivity contribution >= 4 is 5.95 Å². The molecular weight excluding hydrogens is 214 g/mol. The van der Waals surface area contributed by atoms with Crippen LogP contribution in [-0.4, -0.2) is 26.1 Å². The molecule has 0 aromatic carbocycles. The van der Waals surface area contributed by atoms with Crippen molar-refractivity contribution in [2.75, 3.05) is 11.9 Å². The minimum absolute atomic E-state index is 0.652. The van der Waals surface area contributed by atoms with E-state index in [2.05, 4.69) is 31.8 Å². The van der Waals surface area contributed by atoms with Gasteiger partial charge in [0.2, 0.25) is 5.95 Å². The summed E-state index contributed by atoms with van der Waals surface area (Å²) in [6, 6.07) is 0. The van der Waals surface area contributed by atoms with Crippen LogP contribution in [0.4, 0.5) is 5.95 Å². The third-order valence-electron chi connectivity index (χ3n) is 2.57. The van der Waals surface area contributed by atoms with Gasteiger partial charge in [0.25, 0.3) is 0 Å². The van der Waals surface area contributed by atoms with Gasteiger partial charge in [0.05, 0.1) is 0 Å². The minimum atomic E-state index is 0.652. The molecule has 0 fully saturated rings. The Kier molecular flexibility index (Phi) is 3.37. The van der Waals surface area contributed by atoms with E-state index in [4.69, 9.17) is 0 Å². The molecule has 5 nitrogen and oxygen atoms in total. The van der Waals surface area contributed by atoms with Crippen LogP contribution < -0.4 is 5.32 Å². The molecule has 0 amide bonds. The first-order valence-corrected chi connectivity index (χ1v) is 5.85. The lowest BCUT2D eigenvalue weighted by Gasteiger charge is -2.08. The quantitative estimate of drug-likeness (QED) is 0.875. The summed E-state index contributed by atoms with van der Waals surface area (Å²) in [4.78, 5) is 13.1. The van der Waals surface area contributed by atoms with Crippen LogP contribution in [0.5, 0.6) is 0 Å². The smallest absolute Gasteiger partial charge is 0.223 e. The molecule has 0 aliphatic heterocycles. The molecule has 0 aliphatic carbocycles. The number of rotatable bonds is 4. The lowest BCUT2D eigenvalue weighted by molar-refractivity contribution is 0.766. The average Bonchev–Trinajstić information content (AvgIpc) is 2.80. The van der Waals surface area contributed by atoms with Crippen LogP contribution in [0.25, 0.3) is 11.5 Å². The van der Waals surface area contributed by atoms with Gasteiger partial charge in [0.1, 0.15) is 5.69 Å². The molecule has 0 bridgehead atoms. The second-order valence-corrected chi connectivity index (χ2v) is 3.79. The van der Waals surface area contributed by atoms with Crippen molar-refractivity contribution < 1.29 is 0 Å². The van der Waals surface area contributed by atoms with E-state index in [1.165, 1.54) is 0 Å². The fourth-order valence-electron chi connectivity index (χ4n) is 1.69. The maximum absolute atomic E-state index is 4.51. The molecule has 0 atom stereocenters. The average molecular weight is 231 g/mol. The Hall–Kier alpha value is -1.91.